The lowest BCUT2D eigenvalue weighted by Gasteiger charge is -2.22. The summed E-state index contributed by atoms with van der Waals surface area (Å²) >= 11 is 0. The number of aliphatic hydroxyl groups excluding tert-OH is 3. The molecular formula is C13H21ClN6O4. The van der Waals surface area contributed by atoms with Gasteiger partial charge < -0.3 is 38.2 Å². The number of hydrogen-bond acceptors (Lipinski definition) is 8. The molecule has 134 valence electrons. The topological polar surface area (TPSA) is 140 Å². The third-order valence-electron chi connectivity index (χ3n) is 3.85. The summed E-state index contributed by atoms with van der Waals surface area (Å²) in [7, 11) is 5.77. The molecular weight excluding hydrogens is 340 g/mol. The predicted octanol–water partition coefficient (Wildman–Crippen LogP) is -4.78. The highest BCUT2D eigenvalue weighted by Gasteiger charge is 2.44. The van der Waals surface area contributed by atoms with E-state index in [1.165, 1.54) is 10.9 Å². The van der Waals surface area contributed by atoms with Crippen LogP contribution in [0.15, 0.2) is 6.33 Å². The van der Waals surface area contributed by atoms with Crippen LogP contribution in [0, 0.1) is 0 Å². The van der Waals surface area contributed by atoms with Crippen LogP contribution < -0.4 is 22.6 Å². The van der Waals surface area contributed by atoms with Crippen molar-refractivity contribution in [3.63, 3.8) is 0 Å². The van der Waals surface area contributed by atoms with E-state index in [-0.39, 0.29) is 18.4 Å². The maximum absolute atomic E-state index is 10.2. The van der Waals surface area contributed by atoms with Crippen molar-refractivity contribution in [2.24, 2.45) is 0 Å². The Morgan fingerprint density at radius 1 is 1.25 bits per heavy atom. The first kappa shape index (κ1) is 18.8. The standard InChI is InChI=1S/C13H21N6O4.ClH/c1-19(2,3)11-7-10(16-13(14)17-11)18(5-15-7)12-9(22)8(21)6(4-20)23-12;/h5-6,8-9,12,20-22H,4H2,1-3H3,(H2,14,16,17);1H/q+1;/p-1/t6-,8-,9-,12-;/m1./s1. The van der Waals surface area contributed by atoms with Gasteiger partial charge in [-0.2, -0.15) is 9.97 Å². The predicted molar refractivity (Wildman–Crippen MR) is 82.3 cm³/mol. The quantitative estimate of drug-likeness (QED) is 0.400. The molecule has 1 saturated heterocycles. The van der Waals surface area contributed by atoms with Gasteiger partial charge in [0.15, 0.2) is 17.4 Å². The third kappa shape index (κ3) is 2.92. The van der Waals surface area contributed by atoms with Gasteiger partial charge in [0, 0.05) is 0 Å². The monoisotopic (exact) mass is 360 g/mol. The van der Waals surface area contributed by atoms with Crippen LogP contribution in [0.4, 0.5) is 11.8 Å². The Balaban J connectivity index is 0.00000208. The summed E-state index contributed by atoms with van der Waals surface area (Å²) in [6.45, 7) is -0.400. The highest BCUT2D eigenvalue weighted by Crippen LogP contribution is 2.33. The lowest BCUT2D eigenvalue weighted by Crippen LogP contribution is -3.00. The van der Waals surface area contributed by atoms with Crippen LogP contribution in [0.1, 0.15) is 6.23 Å². The number of quaternary nitrogens is 1. The van der Waals surface area contributed by atoms with Crippen molar-refractivity contribution in [2.75, 3.05) is 33.5 Å². The smallest absolute Gasteiger partial charge is 0.260 e. The van der Waals surface area contributed by atoms with Crippen molar-refractivity contribution in [2.45, 2.75) is 24.5 Å². The molecule has 0 bridgehead atoms. The Hall–Kier alpha value is -1.56. The number of aliphatic hydroxyl groups is 3. The van der Waals surface area contributed by atoms with E-state index in [1.807, 2.05) is 21.1 Å². The van der Waals surface area contributed by atoms with Crippen LogP contribution in [0.5, 0.6) is 0 Å². The molecule has 24 heavy (non-hydrogen) atoms. The molecule has 2 aromatic rings. The second kappa shape index (κ2) is 6.39. The second-order valence-electron chi connectivity index (χ2n) is 6.47. The highest BCUT2D eigenvalue weighted by molar-refractivity contribution is 5.83. The van der Waals surface area contributed by atoms with E-state index in [1.54, 1.807) is 0 Å². The van der Waals surface area contributed by atoms with Gasteiger partial charge in [-0.1, -0.05) is 0 Å². The molecule has 1 aliphatic rings. The molecule has 3 heterocycles. The molecule has 0 amide bonds. The molecule has 0 saturated carbocycles. The Labute approximate surface area is 144 Å². The van der Waals surface area contributed by atoms with E-state index in [2.05, 4.69) is 15.0 Å². The molecule has 0 aromatic carbocycles. The minimum absolute atomic E-state index is 0. The van der Waals surface area contributed by atoms with Gasteiger partial charge in [0.2, 0.25) is 5.95 Å². The number of fused-ring (bicyclic) bond motifs is 1. The van der Waals surface area contributed by atoms with Crippen molar-refractivity contribution < 1.29 is 32.5 Å². The van der Waals surface area contributed by atoms with E-state index < -0.39 is 31.1 Å². The maximum atomic E-state index is 10.2. The Morgan fingerprint density at radius 2 is 1.92 bits per heavy atom. The van der Waals surface area contributed by atoms with Crippen molar-refractivity contribution in [1.82, 2.24) is 24.0 Å². The second-order valence-corrected chi connectivity index (χ2v) is 6.47. The molecule has 0 spiro atoms. The molecule has 4 atom stereocenters. The van der Waals surface area contributed by atoms with E-state index in [0.717, 1.165) is 0 Å². The van der Waals surface area contributed by atoms with Gasteiger partial charge in [0.25, 0.3) is 5.82 Å². The first-order valence-corrected chi connectivity index (χ1v) is 7.18. The molecule has 11 heteroatoms. The first-order valence-electron chi connectivity index (χ1n) is 7.18. The molecule has 1 fully saturated rings. The van der Waals surface area contributed by atoms with E-state index in [9.17, 15) is 15.3 Å². The fourth-order valence-corrected chi connectivity index (χ4v) is 2.68. The zero-order chi connectivity index (χ0) is 16.9. The maximum Gasteiger partial charge on any atom is 0.260 e. The van der Waals surface area contributed by atoms with Gasteiger partial charge in [-0.3, -0.25) is 9.05 Å². The van der Waals surface area contributed by atoms with Crippen LogP contribution in [0.2, 0.25) is 0 Å². The van der Waals surface area contributed by atoms with E-state index in [0.29, 0.717) is 21.5 Å². The molecule has 2 aromatic heterocycles. The largest absolute Gasteiger partial charge is 1.00 e. The molecule has 10 nitrogen and oxygen atoms in total. The Morgan fingerprint density at radius 3 is 2.46 bits per heavy atom. The number of ether oxygens (including phenoxy) is 1. The van der Waals surface area contributed by atoms with Gasteiger partial charge in [0.05, 0.1) is 34.1 Å². The van der Waals surface area contributed by atoms with Crippen molar-refractivity contribution >= 4 is 22.9 Å². The summed E-state index contributed by atoms with van der Waals surface area (Å²) in [5, 5.41) is 29.3. The fourth-order valence-electron chi connectivity index (χ4n) is 2.68. The van der Waals surface area contributed by atoms with Gasteiger partial charge in [-0.15, -0.1) is 0 Å². The lowest BCUT2D eigenvalue weighted by molar-refractivity contribution is -0.0511. The number of halogens is 1. The number of imidazole rings is 1. The van der Waals surface area contributed by atoms with E-state index >= 15 is 0 Å². The Kier molecular flexibility index (Phi) is 5.00. The average molecular weight is 361 g/mol. The number of rotatable bonds is 3. The summed E-state index contributed by atoms with van der Waals surface area (Å²) < 4.78 is 7.40. The first-order chi connectivity index (χ1) is 10.7. The van der Waals surface area contributed by atoms with Crippen LogP contribution in [0.25, 0.3) is 11.2 Å². The van der Waals surface area contributed by atoms with Crippen molar-refractivity contribution in [3.05, 3.63) is 6.33 Å². The zero-order valence-corrected chi connectivity index (χ0v) is 14.3. The summed E-state index contributed by atoms with van der Waals surface area (Å²) in [5.41, 5.74) is 6.73. The summed E-state index contributed by atoms with van der Waals surface area (Å²) in [6.07, 6.45) is -2.74. The van der Waals surface area contributed by atoms with Gasteiger partial charge in [-0.25, -0.2) is 4.98 Å². The van der Waals surface area contributed by atoms with Gasteiger partial charge >= 0.3 is 0 Å². The van der Waals surface area contributed by atoms with Crippen molar-refractivity contribution in [3.8, 4) is 0 Å². The van der Waals surface area contributed by atoms with Gasteiger partial charge in [-0.05, 0) is 0 Å². The molecule has 0 radical (unpaired) electrons. The molecule has 0 unspecified atom stereocenters. The van der Waals surface area contributed by atoms with Crippen LogP contribution >= 0.6 is 0 Å². The number of hydrogen-bond donors (Lipinski definition) is 4. The summed E-state index contributed by atoms with van der Waals surface area (Å²) in [6, 6.07) is 0. The summed E-state index contributed by atoms with van der Waals surface area (Å²) in [4.78, 5) is 12.7. The van der Waals surface area contributed by atoms with Crippen LogP contribution in [-0.4, -0.2) is 80.9 Å². The lowest BCUT2D eigenvalue weighted by atomic mass is 10.1. The number of nitrogens with zero attached hydrogens (tertiary/aromatic N) is 5. The van der Waals surface area contributed by atoms with Crippen LogP contribution in [0.3, 0.4) is 0 Å². The third-order valence-corrected chi connectivity index (χ3v) is 3.85. The SMILES string of the molecule is C[N+](C)(C)c1nc(N)nc2c1ncn2[C@@H]1O[C@H](CO)[C@@H](O)[C@H]1O.[Cl-]. The number of nitrogen functional groups attached to an aromatic ring is 1. The van der Waals surface area contributed by atoms with Crippen molar-refractivity contribution in [1.29, 1.82) is 0 Å². The minimum Gasteiger partial charge on any atom is -1.00 e. The zero-order valence-electron chi connectivity index (χ0n) is 13.5. The van der Waals surface area contributed by atoms with E-state index in [4.69, 9.17) is 10.5 Å². The number of anilines is 1. The fraction of sp³-hybridized carbons (Fsp3) is 0.615. The highest BCUT2D eigenvalue weighted by atomic mass is 35.5. The average Bonchev–Trinajstić information content (AvgIpc) is 3.00. The number of aromatic nitrogens is 4. The minimum atomic E-state index is -1.21. The molecule has 0 aliphatic carbocycles. The van der Waals surface area contributed by atoms with Crippen LogP contribution in [-0.2, 0) is 4.74 Å². The molecule has 3 rings (SSSR count). The summed E-state index contributed by atoms with van der Waals surface area (Å²) in [5.74, 6) is 0.701. The molecule has 1 aliphatic heterocycles. The van der Waals surface area contributed by atoms with Gasteiger partial charge in [0.1, 0.15) is 18.3 Å². The number of nitrogens with two attached hydrogens (primary N) is 1. The Bertz CT molecular complexity index is 733. The molecule has 5 N–H and O–H groups in total. The normalized spacial score (nSPS) is 27.4.